The second-order valence-corrected chi connectivity index (χ2v) is 8.67. The minimum atomic E-state index is -5.86. The first-order valence-electron chi connectivity index (χ1n) is 4.81. The summed E-state index contributed by atoms with van der Waals surface area (Å²) in [5, 5.41) is 0. The number of rotatable bonds is 0. The SMILES string of the molecule is [O-][Si]([O-])([O-])F.[O-][Si]([O-])([O-])F.[O-][Si]([O-])([O-])F.[O-][Si]([O-])([O-])F.[O-][Si]([O-])([O-])F.[O-][Si]([O-])([O-])F.[Pb+2].[Pb+2].[Pb+2].[Pb+2].[Pb+2].[Pb+2].[Pb+2].[Pb+2].[Pb+2]. The Morgan fingerprint density at radius 1 is 0.179 bits per heavy atom. The molecule has 18 nitrogen and oxygen atoms in total. The van der Waals surface area contributed by atoms with Crippen LogP contribution in [0.1, 0.15) is 0 Å². The summed E-state index contributed by atoms with van der Waals surface area (Å²) in [7, 11) is -35.2. The van der Waals surface area contributed by atoms with Gasteiger partial charge in [-0.1, -0.05) is 54.8 Å². The van der Waals surface area contributed by atoms with Crippen molar-refractivity contribution in [3.05, 3.63) is 0 Å². The molecular formula is F6O18Pb9Si6. The van der Waals surface area contributed by atoms with Gasteiger partial charge in [-0.3, -0.25) is 0 Å². The van der Waals surface area contributed by atoms with Crippen LogP contribution in [0.25, 0.3) is 0 Å². The van der Waals surface area contributed by atoms with Gasteiger partial charge in [0.15, 0.2) is 0 Å². The van der Waals surface area contributed by atoms with Crippen LogP contribution in [-0.2, 0) is 0 Å². The fourth-order valence-electron chi connectivity index (χ4n) is 0. The Morgan fingerprint density at radius 3 is 0.179 bits per heavy atom. The van der Waals surface area contributed by atoms with Gasteiger partial charge in [0.1, 0.15) is 0 Å². The quantitative estimate of drug-likeness (QED) is 0.123. The van der Waals surface area contributed by atoms with Crippen molar-refractivity contribution in [2.45, 2.75) is 0 Å². The molecule has 0 bridgehead atoms. The van der Waals surface area contributed by atoms with E-state index < -0.39 is 54.8 Å². The Morgan fingerprint density at radius 2 is 0.179 bits per heavy atom. The molecule has 0 aromatic heterocycles. The fraction of sp³-hybridized carbons (Fsp3) is 0. The van der Waals surface area contributed by atoms with Crippen LogP contribution < -0.4 is 86.3 Å². The van der Waals surface area contributed by atoms with Crippen molar-refractivity contribution in [1.82, 2.24) is 0 Å². The Hall–Kier alpha value is 8.46. The maximum atomic E-state index is 10.2. The molecule has 0 aliphatic heterocycles. The number of hydrogen-bond acceptors (Lipinski definition) is 18. The summed E-state index contributed by atoms with van der Waals surface area (Å²) >= 11 is 0. The van der Waals surface area contributed by atoms with Gasteiger partial charge < -0.3 is 111 Å². The van der Waals surface area contributed by atoms with E-state index in [0.29, 0.717) is 0 Å². The van der Waals surface area contributed by atoms with Gasteiger partial charge in [0.25, 0.3) is 0 Å². The fourth-order valence-corrected chi connectivity index (χ4v) is 0. The molecule has 0 saturated carbocycles. The molecule has 0 atom stereocenters. The van der Waals surface area contributed by atoms with Gasteiger partial charge in [-0.2, -0.15) is 0 Å². The first-order valence-corrected chi connectivity index (χ1v) is 14.4. The molecule has 39 heteroatoms. The number of halogens is 6. The van der Waals surface area contributed by atoms with E-state index in [2.05, 4.69) is 0 Å². The predicted molar refractivity (Wildman–Crippen MR) is 93.0 cm³/mol. The van der Waals surface area contributed by atoms with E-state index in [1.807, 2.05) is 0 Å². The van der Waals surface area contributed by atoms with Crippen molar-refractivity contribution >= 4 is 301 Å². The van der Waals surface area contributed by atoms with Gasteiger partial charge in [-0.15, -0.1) is 0 Å². The van der Waals surface area contributed by atoms with E-state index in [1.54, 1.807) is 0 Å². The Labute approximate surface area is 403 Å². The van der Waals surface area contributed by atoms with E-state index in [0.717, 1.165) is 0 Å². The molecule has 0 N–H and O–H groups in total. The van der Waals surface area contributed by atoms with Gasteiger partial charge in [-0.25, -0.2) is 0 Å². The third kappa shape index (κ3) is 1280. The molecule has 0 aromatic carbocycles. The Balaban J connectivity index is -0.0000000130. The summed E-state index contributed by atoms with van der Waals surface area (Å²) in [6.45, 7) is 0. The van der Waals surface area contributed by atoms with Crippen LogP contribution in [0.4, 0.5) is 24.6 Å². The normalized spacial score (nSPS) is 9.23. The average Bonchev–Trinajstić information content (AvgIpc) is 1.94. The van der Waals surface area contributed by atoms with Crippen molar-refractivity contribution in [3.8, 4) is 0 Å². The van der Waals surface area contributed by atoms with Crippen molar-refractivity contribution in [2.75, 3.05) is 0 Å². The molecule has 0 amide bonds. The summed E-state index contributed by atoms with van der Waals surface area (Å²) in [6.07, 6.45) is 0. The van der Waals surface area contributed by atoms with Crippen LogP contribution in [0.5, 0.6) is 0 Å². The maximum absolute atomic E-state index is 10.2. The monoisotopic (exact) mass is 2440 g/mol. The third-order valence-corrected chi connectivity index (χ3v) is 0. The molecule has 0 unspecified atom stereocenters. The first-order chi connectivity index (χ1) is 12.0. The molecule has 0 rings (SSSR count). The minimum Gasteiger partial charge on any atom is -0.857 e. The van der Waals surface area contributed by atoms with Crippen LogP contribution in [0.2, 0.25) is 0 Å². The molecule has 39 heavy (non-hydrogen) atoms. The Kier molecular flexibility index (Phi) is 121. The largest absolute Gasteiger partial charge is 2.00 e. The predicted octanol–water partition coefficient (Wildman–Crippen LogP) is -24.6. The van der Waals surface area contributed by atoms with Gasteiger partial charge in [0.05, 0.1) is 0 Å². The molecule has 0 spiro atoms. The summed E-state index contributed by atoms with van der Waals surface area (Å²) in [5.74, 6) is 0. The van der Waals surface area contributed by atoms with E-state index in [1.165, 1.54) is 0 Å². The van der Waals surface area contributed by atoms with Crippen LogP contribution in [0.3, 0.4) is 0 Å². The molecular weight excluding hydrogens is 2440 g/mol. The number of hydrogen-bond donors (Lipinski definition) is 0. The van der Waals surface area contributed by atoms with Crippen LogP contribution >= 0.6 is 0 Å². The zero-order chi connectivity index (χ0) is 27.0. The van der Waals surface area contributed by atoms with Crippen molar-refractivity contribution < 1.29 is 111 Å². The summed E-state index contributed by atoms with van der Waals surface area (Å²) < 4.78 is 61.0. The van der Waals surface area contributed by atoms with Gasteiger partial charge in [-0.05, 0) is 0 Å². The first kappa shape index (κ1) is 97.2. The molecule has 0 aromatic rings. The second kappa shape index (κ2) is 48.6. The zero-order valence-electron chi connectivity index (χ0n) is 17.1. The van der Waals surface area contributed by atoms with Crippen molar-refractivity contribution in [1.29, 1.82) is 0 Å². The molecule has 0 saturated heterocycles. The van der Waals surface area contributed by atoms with E-state index >= 15 is 0 Å². The van der Waals surface area contributed by atoms with Crippen molar-refractivity contribution in [3.63, 3.8) is 0 Å². The van der Waals surface area contributed by atoms with Gasteiger partial charge in [0, 0.05) is 0 Å². The summed E-state index contributed by atoms with van der Waals surface area (Å²) in [4.78, 5) is 152. The van der Waals surface area contributed by atoms with Crippen LogP contribution in [-0.4, -0.2) is 301 Å². The molecule has 18 radical (unpaired) electrons. The molecule has 0 heterocycles. The topological polar surface area (TPSA) is 415 Å². The molecule has 0 aliphatic carbocycles. The van der Waals surface area contributed by atoms with Gasteiger partial charge in [0.2, 0.25) is 0 Å². The van der Waals surface area contributed by atoms with Crippen LogP contribution in [0, 0.1) is 0 Å². The standard InChI is InChI=1S/6FO3Si.9Pb/c6*1-5(2,3)4;;;;;;;;;/q6*-3;9*+2. The minimum absolute atomic E-state index is 0. The summed E-state index contributed by atoms with van der Waals surface area (Å²) in [5.41, 5.74) is 0. The Bertz CT molecular complexity index is 258. The van der Waals surface area contributed by atoms with Crippen LogP contribution in [0.15, 0.2) is 0 Å². The zero-order valence-corrected chi connectivity index (χ0v) is 58.1. The average molecular weight is 2440 g/mol. The smallest absolute Gasteiger partial charge is 0.857 e. The van der Waals surface area contributed by atoms with Gasteiger partial charge >= 0.3 is 246 Å². The van der Waals surface area contributed by atoms with E-state index in [4.69, 9.17) is 86.3 Å². The third-order valence-electron chi connectivity index (χ3n) is 0. The van der Waals surface area contributed by atoms with E-state index in [9.17, 15) is 24.6 Å². The maximum Gasteiger partial charge on any atom is 2.00 e. The molecule has 210 valence electrons. The second-order valence-electron chi connectivity index (χ2n) is 2.89. The van der Waals surface area contributed by atoms with E-state index in [-0.39, 0.29) is 246 Å². The molecule has 0 fully saturated rings. The summed E-state index contributed by atoms with van der Waals surface area (Å²) in [6, 6.07) is 0. The van der Waals surface area contributed by atoms with Crippen molar-refractivity contribution in [2.24, 2.45) is 0 Å². The molecule has 0 aliphatic rings.